The average molecular weight is 346 g/mol. The third kappa shape index (κ3) is 4.39. The van der Waals surface area contributed by atoms with Crippen LogP contribution in [0.1, 0.15) is 39.0 Å². The Labute approximate surface area is 147 Å². The van der Waals surface area contributed by atoms with Crippen molar-refractivity contribution in [2.45, 2.75) is 39.3 Å². The topological polar surface area (TPSA) is 82.8 Å². The highest BCUT2D eigenvalue weighted by Crippen LogP contribution is 2.26. The van der Waals surface area contributed by atoms with E-state index >= 15 is 0 Å². The van der Waals surface area contributed by atoms with Crippen LogP contribution in [0.5, 0.6) is 0 Å². The number of hydrogen-bond acceptors (Lipinski definition) is 4. The van der Waals surface area contributed by atoms with Crippen LogP contribution in [0.3, 0.4) is 0 Å². The van der Waals surface area contributed by atoms with Gasteiger partial charge in [0.05, 0.1) is 12.6 Å². The second-order valence-electron chi connectivity index (χ2n) is 6.45. The molecular weight excluding hydrogens is 320 g/mol. The van der Waals surface area contributed by atoms with Crippen molar-refractivity contribution in [2.24, 2.45) is 5.92 Å². The number of carbonyl (C=O) groups excluding carboxylic acids is 1. The van der Waals surface area contributed by atoms with E-state index in [0.717, 1.165) is 17.4 Å². The van der Waals surface area contributed by atoms with Gasteiger partial charge in [0.25, 0.3) is 0 Å². The number of hydrogen-bond donors (Lipinski definition) is 2. The number of rotatable bonds is 8. The van der Waals surface area contributed by atoms with Gasteiger partial charge in [0.15, 0.2) is 0 Å². The summed E-state index contributed by atoms with van der Waals surface area (Å²) in [5, 5.41) is 13.1. The van der Waals surface area contributed by atoms with Gasteiger partial charge in [-0.1, -0.05) is 38.5 Å². The summed E-state index contributed by atoms with van der Waals surface area (Å²) in [6.07, 6.45) is 0.726. The summed E-state index contributed by atoms with van der Waals surface area (Å²) in [5.41, 5.74) is 0.783. The molecule has 0 aliphatic heterocycles. The predicted octanol–water partition coefficient (Wildman–Crippen LogP) is 3.04. The minimum atomic E-state index is -0.935. The van der Waals surface area contributed by atoms with Gasteiger partial charge in [0.2, 0.25) is 5.91 Å². The summed E-state index contributed by atoms with van der Waals surface area (Å²) in [7, 11) is 1.70. The van der Waals surface area contributed by atoms with Gasteiger partial charge in [-0.3, -0.25) is 14.9 Å². The lowest BCUT2D eigenvalue weighted by atomic mass is 9.99. The fourth-order valence-electron chi connectivity index (χ4n) is 2.70. The smallest absolute Gasteiger partial charge is 0.320 e. The molecule has 0 spiro atoms. The molecule has 1 aromatic heterocycles. The molecule has 2 aromatic rings. The van der Waals surface area contributed by atoms with E-state index in [1.165, 1.54) is 0 Å². The number of nitrogens with zero attached hydrogens (tertiary/aromatic N) is 1. The molecule has 1 heterocycles. The van der Waals surface area contributed by atoms with Gasteiger partial charge in [-0.05, 0) is 25.0 Å². The SMILES string of the molecule is CC[C@H](C)[C@H](NCC(=O)N(C)C(C)c1cc2ccccc2o1)C(=O)O. The van der Waals surface area contributed by atoms with E-state index in [2.05, 4.69) is 5.32 Å². The lowest BCUT2D eigenvalue weighted by Crippen LogP contribution is -2.47. The number of nitrogens with one attached hydrogen (secondary N) is 1. The molecule has 6 nitrogen and oxygen atoms in total. The maximum Gasteiger partial charge on any atom is 0.320 e. The highest BCUT2D eigenvalue weighted by atomic mass is 16.4. The Morgan fingerprint density at radius 3 is 2.56 bits per heavy atom. The van der Waals surface area contributed by atoms with Crippen LogP contribution >= 0.6 is 0 Å². The van der Waals surface area contributed by atoms with Crippen molar-refractivity contribution in [1.29, 1.82) is 0 Å². The zero-order valence-corrected chi connectivity index (χ0v) is 15.2. The van der Waals surface area contributed by atoms with Crippen molar-refractivity contribution in [3.05, 3.63) is 36.1 Å². The molecule has 0 aliphatic rings. The minimum Gasteiger partial charge on any atom is -0.480 e. The van der Waals surface area contributed by atoms with Crippen LogP contribution in [-0.2, 0) is 9.59 Å². The second kappa shape index (κ2) is 8.16. The van der Waals surface area contributed by atoms with Crippen molar-refractivity contribution in [2.75, 3.05) is 13.6 Å². The number of furan rings is 1. The molecule has 6 heteroatoms. The Morgan fingerprint density at radius 1 is 1.28 bits per heavy atom. The summed E-state index contributed by atoms with van der Waals surface area (Å²) in [5.74, 6) is -0.463. The van der Waals surface area contributed by atoms with Crippen molar-refractivity contribution in [3.63, 3.8) is 0 Å². The third-order valence-corrected chi connectivity index (χ3v) is 4.78. The van der Waals surface area contributed by atoms with E-state index in [4.69, 9.17) is 4.42 Å². The largest absolute Gasteiger partial charge is 0.480 e. The number of carboxylic acid groups (broad SMARTS) is 1. The quantitative estimate of drug-likeness (QED) is 0.768. The number of likely N-dealkylation sites (N-methyl/N-ethyl adjacent to an activating group) is 1. The summed E-state index contributed by atoms with van der Waals surface area (Å²) in [6.45, 7) is 5.65. The van der Waals surface area contributed by atoms with Gasteiger partial charge in [0.1, 0.15) is 17.4 Å². The molecule has 3 atom stereocenters. The van der Waals surface area contributed by atoms with Crippen LogP contribution < -0.4 is 5.32 Å². The lowest BCUT2D eigenvalue weighted by Gasteiger charge is -2.25. The van der Waals surface area contributed by atoms with E-state index in [1.807, 2.05) is 51.1 Å². The lowest BCUT2D eigenvalue weighted by molar-refractivity contribution is -0.141. The fraction of sp³-hybridized carbons (Fsp3) is 0.474. The van der Waals surface area contributed by atoms with Gasteiger partial charge in [-0.15, -0.1) is 0 Å². The molecule has 2 N–H and O–H groups in total. The van der Waals surface area contributed by atoms with E-state index in [9.17, 15) is 14.7 Å². The molecule has 0 saturated carbocycles. The summed E-state index contributed by atoms with van der Waals surface area (Å²) >= 11 is 0. The Balaban J connectivity index is 2.02. The first-order valence-electron chi connectivity index (χ1n) is 8.55. The van der Waals surface area contributed by atoms with Crippen molar-refractivity contribution >= 4 is 22.8 Å². The van der Waals surface area contributed by atoms with Crippen LogP contribution in [0.15, 0.2) is 34.7 Å². The summed E-state index contributed by atoms with van der Waals surface area (Å²) < 4.78 is 5.81. The first-order valence-corrected chi connectivity index (χ1v) is 8.55. The molecule has 1 aromatic carbocycles. The summed E-state index contributed by atoms with van der Waals surface area (Å²) in [6, 6.07) is 8.64. The number of carbonyl (C=O) groups is 2. The van der Waals surface area contributed by atoms with E-state index < -0.39 is 12.0 Å². The number of para-hydroxylation sites is 1. The molecule has 0 fully saturated rings. The number of aliphatic carboxylic acids is 1. The van der Waals surface area contributed by atoms with Crippen LogP contribution in [0.4, 0.5) is 0 Å². The standard InChI is InChI=1S/C19H26N2O4/c1-5-12(2)18(19(23)24)20-11-17(22)21(4)13(3)16-10-14-8-6-7-9-15(14)25-16/h6-10,12-13,18,20H,5,11H2,1-4H3,(H,23,24)/t12-,13?,18-/m0/s1. The second-order valence-corrected chi connectivity index (χ2v) is 6.45. The predicted molar refractivity (Wildman–Crippen MR) is 96.3 cm³/mol. The minimum absolute atomic E-state index is 0.0254. The van der Waals surface area contributed by atoms with Crippen molar-refractivity contribution in [3.8, 4) is 0 Å². The first-order chi connectivity index (χ1) is 11.8. The fourth-order valence-corrected chi connectivity index (χ4v) is 2.70. The molecule has 1 amide bonds. The highest BCUT2D eigenvalue weighted by molar-refractivity contribution is 5.81. The molecule has 1 unspecified atom stereocenters. The molecule has 0 radical (unpaired) electrons. The van der Waals surface area contributed by atoms with Crippen LogP contribution in [-0.4, -0.2) is 41.5 Å². The molecule has 0 aliphatic carbocycles. The Kier molecular flexibility index (Phi) is 6.20. The molecule has 0 bridgehead atoms. The number of fused-ring (bicyclic) bond motifs is 1. The Hall–Kier alpha value is -2.34. The Morgan fingerprint density at radius 2 is 1.96 bits per heavy atom. The van der Waals surface area contributed by atoms with Crippen molar-refractivity contribution < 1.29 is 19.1 Å². The van der Waals surface area contributed by atoms with Gasteiger partial charge >= 0.3 is 5.97 Å². The number of amides is 1. The zero-order chi connectivity index (χ0) is 18.6. The number of benzene rings is 1. The van der Waals surface area contributed by atoms with Gasteiger partial charge < -0.3 is 14.4 Å². The van der Waals surface area contributed by atoms with E-state index in [1.54, 1.807) is 11.9 Å². The van der Waals surface area contributed by atoms with Gasteiger partial charge in [-0.2, -0.15) is 0 Å². The monoisotopic (exact) mass is 346 g/mol. The van der Waals surface area contributed by atoms with E-state index in [-0.39, 0.29) is 24.4 Å². The maximum absolute atomic E-state index is 12.4. The van der Waals surface area contributed by atoms with Crippen molar-refractivity contribution in [1.82, 2.24) is 10.2 Å². The Bertz CT molecular complexity index is 707. The average Bonchev–Trinajstić information content (AvgIpc) is 3.03. The zero-order valence-electron chi connectivity index (χ0n) is 15.2. The first kappa shape index (κ1) is 19.0. The van der Waals surface area contributed by atoms with Crippen LogP contribution in [0.25, 0.3) is 11.0 Å². The normalized spacial score (nSPS) is 14.9. The van der Waals surface area contributed by atoms with Gasteiger partial charge in [-0.25, -0.2) is 0 Å². The van der Waals surface area contributed by atoms with Crippen LogP contribution in [0.2, 0.25) is 0 Å². The van der Waals surface area contributed by atoms with Gasteiger partial charge in [0, 0.05) is 12.4 Å². The molecule has 2 rings (SSSR count). The van der Waals surface area contributed by atoms with E-state index in [0.29, 0.717) is 5.76 Å². The molecule has 25 heavy (non-hydrogen) atoms. The highest BCUT2D eigenvalue weighted by Gasteiger charge is 2.26. The maximum atomic E-state index is 12.4. The molecule has 0 saturated heterocycles. The third-order valence-electron chi connectivity index (χ3n) is 4.78. The molecule has 136 valence electrons. The number of carboxylic acids is 1. The summed E-state index contributed by atoms with van der Waals surface area (Å²) in [4.78, 5) is 25.3. The van der Waals surface area contributed by atoms with Crippen LogP contribution in [0, 0.1) is 5.92 Å². The molecular formula is C19H26N2O4.